The highest BCUT2D eigenvalue weighted by atomic mass is 32.2. The first-order chi connectivity index (χ1) is 18.1. The van der Waals surface area contributed by atoms with Gasteiger partial charge in [-0.05, 0) is 73.8 Å². The van der Waals surface area contributed by atoms with E-state index in [1.807, 2.05) is 13.2 Å². The number of hydrogen-bond donors (Lipinski definition) is 1. The third-order valence-electron chi connectivity index (χ3n) is 6.00. The number of nitrogens with one attached hydrogen (secondary N) is 1. The van der Waals surface area contributed by atoms with Gasteiger partial charge in [0.05, 0.1) is 28.7 Å². The van der Waals surface area contributed by atoms with Crippen molar-refractivity contribution < 1.29 is 26.4 Å². The average molecular weight is 576 g/mol. The van der Waals surface area contributed by atoms with E-state index < -0.39 is 32.5 Å². The van der Waals surface area contributed by atoms with Crippen LogP contribution in [-0.4, -0.2) is 66.2 Å². The van der Waals surface area contributed by atoms with Gasteiger partial charge < -0.3 is 10.1 Å². The van der Waals surface area contributed by atoms with Crippen LogP contribution in [0.1, 0.15) is 5.56 Å². The number of nitrogens with zero attached hydrogens (tertiary/aromatic N) is 2. The molecule has 0 spiro atoms. The summed E-state index contributed by atoms with van der Waals surface area (Å²) in [5.74, 6) is -0.571. The summed E-state index contributed by atoms with van der Waals surface area (Å²) < 4.78 is 60.5. The van der Waals surface area contributed by atoms with Crippen LogP contribution in [-0.2, 0) is 29.6 Å². The van der Waals surface area contributed by atoms with Gasteiger partial charge in [-0.2, -0.15) is 4.31 Å². The standard InChI is InChI=1S/C26H29N3O6S3/c1-20-3-7-22(8-4-20)29(38(33,34)25-13-9-23(36-2)10-14-25)19-26(30)27-21-5-11-24(12-6-21)37(31,32)28-15-17-35-18-16-28/h3-14H,15-19H2,1-2H3,(H,27,30). The Kier molecular flexibility index (Phi) is 8.78. The maximum absolute atomic E-state index is 13.6. The molecule has 12 heteroatoms. The summed E-state index contributed by atoms with van der Waals surface area (Å²) in [7, 11) is -7.72. The molecule has 1 N–H and O–H groups in total. The van der Waals surface area contributed by atoms with Crippen molar-refractivity contribution >= 4 is 49.1 Å². The molecule has 0 radical (unpaired) electrons. The summed E-state index contributed by atoms with van der Waals surface area (Å²) >= 11 is 1.50. The molecule has 38 heavy (non-hydrogen) atoms. The molecule has 0 aliphatic carbocycles. The first-order valence-corrected chi connectivity index (χ1v) is 15.9. The van der Waals surface area contributed by atoms with E-state index in [9.17, 15) is 21.6 Å². The second kappa shape index (κ2) is 11.9. The van der Waals surface area contributed by atoms with E-state index in [1.165, 1.54) is 52.5 Å². The Morgan fingerprint density at radius 3 is 2.05 bits per heavy atom. The van der Waals surface area contributed by atoms with Crippen molar-refractivity contribution in [3.05, 3.63) is 78.4 Å². The van der Waals surface area contributed by atoms with E-state index >= 15 is 0 Å². The number of ether oxygens (including phenoxy) is 1. The van der Waals surface area contributed by atoms with E-state index in [0.29, 0.717) is 24.6 Å². The van der Waals surface area contributed by atoms with Gasteiger partial charge in [0.25, 0.3) is 10.0 Å². The Labute approximate surface area is 227 Å². The minimum atomic E-state index is -4.05. The SMILES string of the molecule is CSc1ccc(S(=O)(=O)N(CC(=O)Nc2ccc(S(=O)(=O)N3CCOCC3)cc2)c2ccc(C)cc2)cc1. The van der Waals surface area contributed by atoms with Gasteiger partial charge in [-0.15, -0.1) is 11.8 Å². The Balaban J connectivity index is 1.54. The van der Waals surface area contributed by atoms with Crippen molar-refractivity contribution in [1.82, 2.24) is 4.31 Å². The minimum absolute atomic E-state index is 0.0707. The van der Waals surface area contributed by atoms with Crippen LogP contribution in [0, 0.1) is 6.92 Å². The fraction of sp³-hybridized carbons (Fsp3) is 0.269. The lowest BCUT2D eigenvalue weighted by atomic mass is 10.2. The van der Waals surface area contributed by atoms with E-state index in [4.69, 9.17) is 4.74 Å². The van der Waals surface area contributed by atoms with Crippen molar-refractivity contribution in [2.75, 3.05) is 48.7 Å². The van der Waals surface area contributed by atoms with Crippen molar-refractivity contribution in [3.63, 3.8) is 0 Å². The van der Waals surface area contributed by atoms with E-state index in [2.05, 4.69) is 5.32 Å². The molecule has 4 rings (SSSR count). The molecule has 0 saturated carbocycles. The Hall–Kier alpha value is -2.90. The fourth-order valence-electron chi connectivity index (χ4n) is 3.88. The second-order valence-corrected chi connectivity index (χ2v) is 13.3. The average Bonchev–Trinajstić information content (AvgIpc) is 2.93. The fourth-order valence-corrected chi connectivity index (χ4v) is 7.12. The molecule has 202 valence electrons. The Morgan fingerprint density at radius 2 is 1.47 bits per heavy atom. The number of anilines is 2. The molecule has 1 aliphatic heterocycles. The number of hydrogen-bond acceptors (Lipinski definition) is 7. The summed E-state index contributed by atoms with van der Waals surface area (Å²) in [5, 5.41) is 2.68. The number of benzene rings is 3. The number of thioether (sulfide) groups is 1. The quantitative estimate of drug-likeness (QED) is 0.388. The van der Waals surface area contributed by atoms with Crippen LogP contribution < -0.4 is 9.62 Å². The zero-order valence-corrected chi connectivity index (χ0v) is 23.5. The van der Waals surface area contributed by atoms with Crippen molar-refractivity contribution in [2.45, 2.75) is 21.6 Å². The van der Waals surface area contributed by atoms with Crippen molar-refractivity contribution in [3.8, 4) is 0 Å². The van der Waals surface area contributed by atoms with Crippen LogP contribution in [0.15, 0.2) is 87.5 Å². The molecule has 0 unspecified atom stereocenters. The monoisotopic (exact) mass is 575 g/mol. The lowest BCUT2D eigenvalue weighted by Gasteiger charge is -2.26. The van der Waals surface area contributed by atoms with E-state index in [1.54, 1.807) is 36.4 Å². The number of aryl methyl sites for hydroxylation is 1. The molecule has 1 amide bonds. The molecule has 0 aromatic heterocycles. The molecule has 9 nitrogen and oxygen atoms in total. The van der Waals surface area contributed by atoms with Gasteiger partial charge in [0.15, 0.2) is 0 Å². The molecular formula is C26H29N3O6S3. The predicted octanol–water partition coefficient (Wildman–Crippen LogP) is 3.57. The lowest BCUT2D eigenvalue weighted by molar-refractivity contribution is -0.114. The summed E-state index contributed by atoms with van der Waals surface area (Å²) in [4.78, 5) is 14.1. The van der Waals surface area contributed by atoms with Crippen LogP contribution >= 0.6 is 11.8 Å². The van der Waals surface area contributed by atoms with Crippen LogP contribution in [0.5, 0.6) is 0 Å². The zero-order valence-electron chi connectivity index (χ0n) is 21.0. The number of carbonyl (C=O) groups is 1. The van der Waals surface area contributed by atoms with Gasteiger partial charge in [-0.3, -0.25) is 9.10 Å². The molecule has 0 bridgehead atoms. The van der Waals surface area contributed by atoms with Crippen LogP contribution in [0.25, 0.3) is 0 Å². The predicted molar refractivity (Wildman–Crippen MR) is 149 cm³/mol. The van der Waals surface area contributed by atoms with Gasteiger partial charge >= 0.3 is 0 Å². The van der Waals surface area contributed by atoms with Crippen molar-refractivity contribution in [2.24, 2.45) is 0 Å². The molecular weight excluding hydrogens is 547 g/mol. The van der Waals surface area contributed by atoms with Gasteiger partial charge in [0.2, 0.25) is 15.9 Å². The summed E-state index contributed by atoms with van der Waals surface area (Å²) in [6, 6.07) is 19.2. The molecule has 1 heterocycles. The second-order valence-electron chi connectivity index (χ2n) is 8.61. The van der Waals surface area contributed by atoms with Crippen LogP contribution in [0.2, 0.25) is 0 Å². The highest BCUT2D eigenvalue weighted by Gasteiger charge is 2.28. The largest absolute Gasteiger partial charge is 0.379 e. The molecule has 3 aromatic carbocycles. The lowest BCUT2D eigenvalue weighted by Crippen LogP contribution is -2.40. The summed E-state index contributed by atoms with van der Waals surface area (Å²) in [5.41, 5.74) is 1.65. The van der Waals surface area contributed by atoms with Crippen LogP contribution in [0.4, 0.5) is 11.4 Å². The summed E-state index contributed by atoms with van der Waals surface area (Å²) in [6.07, 6.45) is 1.90. The maximum Gasteiger partial charge on any atom is 0.264 e. The highest BCUT2D eigenvalue weighted by molar-refractivity contribution is 7.98. The molecule has 1 aliphatic rings. The Morgan fingerprint density at radius 1 is 0.895 bits per heavy atom. The highest BCUT2D eigenvalue weighted by Crippen LogP contribution is 2.26. The van der Waals surface area contributed by atoms with E-state index in [-0.39, 0.29) is 22.9 Å². The Bertz CT molecular complexity index is 1470. The van der Waals surface area contributed by atoms with Gasteiger partial charge in [-0.1, -0.05) is 17.7 Å². The maximum atomic E-state index is 13.6. The summed E-state index contributed by atoms with van der Waals surface area (Å²) in [6.45, 7) is 2.67. The normalized spacial score (nSPS) is 14.7. The van der Waals surface area contributed by atoms with Gasteiger partial charge in [0, 0.05) is 23.7 Å². The molecule has 1 fully saturated rings. The third kappa shape index (κ3) is 6.38. The molecule has 3 aromatic rings. The number of carbonyl (C=O) groups excluding carboxylic acids is 1. The topological polar surface area (TPSA) is 113 Å². The van der Waals surface area contributed by atoms with Crippen molar-refractivity contribution in [1.29, 1.82) is 0 Å². The zero-order chi connectivity index (χ0) is 27.3. The molecule has 1 saturated heterocycles. The third-order valence-corrected chi connectivity index (χ3v) is 10.4. The number of sulfonamides is 2. The van der Waals surface area contributed by atoms with Crippen LogP contribution in [0.3, 0.4) is 0 Å². The number of amides is 1. The first kappa shape index (κ1) is 28.1. The van der Waals surface area contributed by atoms with E-state index in [0.717, 1.165) is 14.8 Å². The smallest absolute Gasteiger partial charge is 0.264 e. The first-order valence-electron chi connectivity index (χ1n) is 11.8. The van der Waals surface area contributed by atoms with Gasteiger partial charge in [-0.25, -0.2) is 16.8 Å². The van der Waals surface area contributed by atoms with Gasteiger partial charge in [0.1, 0.15) is 6.54 Å². The molecule has 0 atom stereocenters. The number of rotatable bonds is 9. The minimum Gasteiger partial charge on any atom is -0.379 e. The number of morpholine rings is 1.